The third-order valence-corrected chi connectivity index (χ3v) is 6.49. The van der Waals surface area contributed by atoms with E-state index in [1.165, 1.54) is 25.7 Å². The van der Waals surface area contributed by atoms with Crippen LogP contribution in [0.3, 0.4) is 0 Å². The van der Waals surface area contributed by atoms with E-state index in [0.717, 1.165) is 54.8 Å². The van der Waals surface area contributed by atoms with Crippen molar-refractivity contribution < 1.29 is 4.79 Å². The van der Waals surface area contributed by atoms with Crippen LogP contribution in [0.25, 0.3) is 0 Å². The number of carbonyl (C=O) groups excluding carboxylic acids is 1. The number of carbonyl (C=O) groups is 1. The first-order chi connectivity index (χ1) is 11.2. The molecule has 5 nitrogen and oxygen atoms in total. The van der Waals surface area contributed by atoms with Crippen LogP contribution in [-0.4, -0.2) is 38.7 Å². The molecule has 124 valence electrons. The second kappa shape index (κ2) is 5.16. The molecule has 1 aromatic heterocycles. The summed E-state index contributed by atoms with van der Waals surface area (Å²) >= 11 is 5.39. The highest BCUT2D eigenvalue weighted by atomic mass is 32.1. The molecule has 0 unspecified atom stereocenters. The Morgan fingerprint density at radius 1 is 1.13 bits per heavy atom. The van der Waals surface area contributed by atoms with Gasteiger partial charge in [-0.2, -0.15) is 5.10 Å². The molecule has 0 aromatic carbocycles. The molecule has 1 amide bonds. The van der Waals surface area contributed by atoms with Crippen molar-refractivity contribution in [3.05, 3.63) is 10.6 Å². The van der Waals surface area contributed by atoms with Crippen LogP contribution < -0.4 is 0 Å². The fourth-order valence-electron chi connectivity index (χ4n) is 4.43. The minimum Gasteiger partial charge on any atom is -0.342 e. The first-order valence-corrected chi connectivity index (χ1v) is 9.59. The van der Waals surface area contributed by atoms with Crippen LogP contribution in [0, 0.1) is 22.5 Å². The highest BCUT2D eigenvalue weighted by Gasteiger charge is 2.52. The quantitative estimate of drug-likeness (QED) is 0.862. The number of aromatic amines is 1. The summed E-state index contributed by atoms with van der Waals surface area (Å²) in [6, 6.07) is 0.571. The molecular formula is C17H24N4OS. The van der Waals surface area contributed by atoms with Crippen LogP contribution in [0.15, 0.2) is 0 Å². The number of nitrogens with one attached hydrogen (secondary N) is 1. The zero-order valence-corrected chi connectivity index (χ0v) is 14.2. The Bertz CT molecular complexity index is 679. The minimum absolute atomic E-state index is 0.361. The van der Waals surface area contributed by atoms with Crippen LogP contribution in [0.5, 0.6) is 0 Å². The van der Waals surface area contributed by atoms with Gasteiger partial charge in [0, 0.05) is 31.0 Å². The number of hydrogen-bond acceptors (Lipinski definition) is 3. The number of aromatic nitrogens is 3. The molecule has 4 aliphatic rings. The van der Waals surface area contributed by atoms with E-state index in [4.69, 9.17) is 12.2 Å². The Morgan fingerprint density at radius 3 is 2.52 bits per heavy atom. The van der Waals surface area contributed by atoms with E-state index in [1.54, 1.807) is 0 Å². The molecule has 1 N–H and O–H groups in total. The van der Waals surface area contributed by atoms with Crippen molar-refractivity contribution in [2.45, 2.75) is 56.9 Å². The van der Waals surface area contributed by atoms with E-state index in [1.807, 2.05) is 0 Å². The number of amides is 1. The molecule has 1 aromatic rings. The summed E-state index contributed by atoms with van der Waals surface area (Å²) in [6.45, 7) is 1.78. The first kappa shape index (κ1) is 14.2. The van der Waals surface area contributed by atoms with Gasteiger partial charge in [0.05, 0.1) is 0 Å². The molecule has 3 aliphatic carbocycles. The van der Waals surface area contributed by atoms with Gasteiger partial charge in [-0.3, -0.25) is 9.89 Å². The van der Waals surface area contributed by atoms with Crippen LogP contribution in [0.2, 0.25) is 0 Å². The number of likely N-dealkylation sites (tertiary alicyclic amines) is 1. The molecule has 6 heteroatoms. The second-order valence-electron chi connectivity index (χ2n) is 7.93. The Hall–Kier alpha value is -1.17. The van der Waals surface area contributed by atoms with Gasteiger partial charge in [0.2, 0.25) is 5.91 Å². The lowest BCUT2D eigenvalue weighted by molar-refractivity contribution is -0.134. The standard InChI is InChI=1S/C17H24N4OS/c22-16(14-9-13(14)10-1-2-10)20-7-5-11(6-8-20)15-18-19-17(23)21(15)12-3-4-12/h10-14H,1-9H2,(H,19,23)/t13-,14-/m1/s1. The van der Waals surface area contributed by atoms with Crippen molar-refractivity contribution in [2.24, 2.45) is 17.8 Å². The number of H-pyrrole nitrogens is 1. The van der Waals surface area contributed by atoms with Crippen molar-refractivity contribution in [2.75, 3.05) is 13.1 Å². The van der Waals surface area contributed by atoms with Crippen molar-refractivity contribution in [1.29, 1.82) is 0 Å². The van der Waals surface area contributed by atoms with Gasteiger partial charge in [-0.25, -0.2) is 0 Å². The van der Waals surface area contributed by atoms with Crippen molar-refractivity contribution >= 4 is 18.1 Å². The molecule has 0 spiro atoms. The van der Waals surface area contributed by atoms with Crippen molar-refractivity contribution in [3.8, 4) is 0 Å². The molecule has 0 bridgehead atoms. The van der Waals surface area contributed by atoms with Crippen LogP contribution in [0.4, 0.5) is 0 Å². The minimum atomic E-state index is 0.361. The lowest BCUT2D eigenvalue weighted by atomic mass is 9.95. The van der Waals surface area contributed by atoms with E-state index in [9.17, 15) is 4.79 Å². The fourth-order valence-corrected chi connectivity index (χ4v) is 4.72. The van der Waals surface area contributed by atoms with Gasteiger partial charge in [-0.1, -0.05) is 0 Å². The third-order valence-electron chi connectivity index (χ3n) is 6.20. The van der Waals surface area contributed by atoms with E-state index in [0.29, 0.717) is 23.8 Å². The Labute approximate surface area is 141 Å². The van der Waals surface area contributed by atoms with Crippen LogP contribution in [-0.2, 0) is 4.79 Å². The molecule has 23 heavy (non-hydrogen) atoms. The van der Waals surface area contributed by atoms with Gasteiger partial charge >= 0.3 is 0 Å². The van der Waals surface area contributed by atoms with Crippen LogP contribution in [0.1, 0.15) is 62.7 Å². The zero-order valence-electron chi connectivity index (χ0n) is 13.4. The Kier molecular flexibility index (Phi) is 3.19. The SMILES string of the molecule is O=C([C@@H]1C[C@@H]1C1CC1)N1CCC(c2n[nH]c(=S)n2C2CC2)CC1. The Balaban J connectivity index is 1.23. The van der Waals surface area contributed by atoms with Gasteiger partial charge in [0.15, 0.2) is 4.77 Å². The van der Waals surface area contributed by atoms with Crippen molar-refractivity contribution in [1.82, 2.24) is 19.7 Å². The van der Waals surface area contributed by atoms with E-state index < -0.39 is 0 Å². The summed E-state index contributed by atoms with van der Waals surface area (Å²) in [6.07, 6.45) is 8.38. The highest BCUT2D eigenvalue weighted by molar-refractivity contribution is 7.71. The summed E-state index contributed by atoms with van der Waals surface area (Å²) in [5, 5.41) is 7.48. The maximum absolute atomic E-state index is 12.6. The number of hydrogen-bond donors (Lipinski definition) is 1. The van der Waals surface area contributed by atoms with Gasteiger partial charge in [0.1, 0.15) is 5.82 Å². The smallest absolute Gasteiger partial charge is 0.225 e. The van der Waals surface area contributed by atoms with Gasteiger partial charge in [-0.15, -0.1) is 0 Å². The number of rotatable bonds is 4. The summed E-state index contributed by atoms with van der Waals surface area (Å²) in [4.78, 5) is 14.7. The van der Waals surface area contributed by atoms with E-state index in [-0.39, 0.29) is 0 Å². The zero-order chi connectivity index (χ0) is 15.6. The molecular weight excluding hydrogens is 308 g/mol. The van der Waals surface area contributed by atoms with E-state index >= 15 is 0 Å². The predicted molar refractivity (Wildman–Crippen MR) is 88.6 cm³/mol. The molecule has 3 saturated carbocycles. The maximum Gasteiger partial charge on any atom is 0.225 e. The lowest BCUT2D eigenvalue weighted by Gasteiger charge is -2.32. The van der Waals surface area contributed by atoms with Gasteiger partial charge in [-0.05, 0) is 69.0 Å². The summed E-state index contributed by atoms with van der Waals surface area (Å²) in [5.74, 6) is 3.99. The molecule has 2 atom stereocenters. The van der Waals surface area contributed by atoms with E-state index in [2.05, 4.69) is 19.7 Å². The van der Waals surface area contributed by atoms with Gasteiger partial charge in [0.25, 0.3) is 0 Å². The third kappa shape index (κ3) is 2.55. The maximum atomic E-state index is 12.6. The molecule has 4 fully saturated rings. The molecule has 1 aliphatic heterocycles. The fraction of sp³-hybridized carbons (Fsp3) is 0.824. The summed E-state index contributed by atoms with van der Waals surface area (Å²) < 4.78 is 3.01. The monoisotopic (exact) mass is 332 g/mol. The summed E-state index contributed by atoms with van der Waals surface area (Å²) in [7, 11) is 0. The Morgan fingerprint density at radius 2 is 1.87 bits per heavy atom. The highest BCUT2D eigenvalue weighted by Crippen LogP contribution is 2.55. The topological polar surface area (TPSA) is 53.9 Å². The van der Waals surface area contributed by atoms with Gasteiger partial charge < -0.3 is 9.47 Å². The number of piperidine rings is 1. The first-order valence-electron chi connectivity index (χ1n) is 9.18. The molecule has 2 heterocycles. The normalized spacial score (nSPS) is 31.4. The van der Waals surface area contributed by atoms with Crippen molar-refractivity contribution in [3.63, 3.8) is 0 Å². The average molecular weight is 332 g/mol. The largest absolute Gasteiger partial charge is 0.342 e. The molecule has 0 radical (unpaired) electrons. The average Bonchev–Trinajstić information content (AvgIpc) is 3.44. The second-order valence-corrected chi connectivity index (χ2v) is 8.32. The van der Waals surface area contributed by atoms with Crippen LogP contribution >= 0.6 is 12.2 Å². The molecule has 5 rings (SSSR count). The number of nitrogens with zero attached hydrogens (tertiary/aromatic N) is 3. The lowest BCUT2D eigenvalue weighted by Crippen LogP contribution is -2.39. The molecule has 1 saturated heterocycles. The summed E-state index contributed by atoms with van der Waals surface area (Å²) in [5.41, 5.74) is 0. The predicted octanol–water partition coefficient (Wildman–Crippen LogP) is 3.03.